The normalized spacial score (nSPS) is 11.3. The van der Waals surface area contributed by atoms with Gasteiger partial charge in [0.15, 0.2) is 0 Å². The molecule has 0 spiro atoms. The Labute approximate surface area is 142 Å². The lowest BCUT2D eigenvalue weighted by molar-refractivity contribution is -0.137. The van der Waals surface area contributed by atoms with E-state index in [1.165, 1.54) is 12.1 Å². The molecule has 2 aromatic carbocycles. The van der Waals surface area contributed by atoms with Crippen molar-refractivity contribution in [2.75, 3.05) is 5.32 Å². The van der Waals surface area contributed by atoms with Gasteiger partial charge in [-0.05, 0) is 45.8 Å². The fourth-order valence-corrected chi connectivity index (χ4v) is 2.97. The van der Waals surface area contributed by atoms with Gasteiger partial charge in [-0.2, -0.15) is 13.2 Å². The molecular weight excluding hydrogens is 427 g/mol. The SMILES string of the molecule is O=C(Cc1cccc(C(F)(F)F)c1)Nc1ccc(Br)cc1Br. The molecule has 0 heterocycles. The van der Waals surface area contributed by atoms with Crippen molar-refractivity contribution >= 4 is 43.5 Å². The second-order valence-electron chi connectivity index (χ2n) is 4.55. The number of halogens is 5. The molecule has 22 heavy (non-hydrogen) atoms. The van der Waals surface area contributed by atoms with Crippen LogP contribution in [0.1, 0.15) is 11.1 Å². The van der Waals surface area contributed by atoms with Crippen molar-refractivity contribution in [3.05, 3.63) is 62.5 Å². The number of anilines is 1. The number of carbonyl (C=O) groups is 1. The van der Waals surface area contributed by atoms with Crippen molar-refractivity contribution in [1.82, 2.24) is 0 Å². The maximum Gasteiger partial charge on any atom is 0.416 e. The van der Waals surface area contributed by atoms with Crippen LogP contribution < -0.4 is 5.32 Å². The van der Waals surface area contributed by atoms with Crippen LogP contribution in [0.5, 0.6) is 0 Å². The largest absolute Gasteiger partial charge is 0.416 e. The van der Waals surface area contributed by atoms with E-state index in [1.54, 1.807) is 18.2 Å². The van der Waals surface area contributed by atoms with Crippen LogP contribution in [0.2, 0.25) is 0 Å². The maximum absolute atomic E-state index is 12.6. The molecule has 1 amide bonds. The molecule has 0 aliphatic carbocycles. The molecule has 0 radical (unpaired) electrons. The summed E-state index contributed by atoms with van der Waals surface area (Å²) >= 11 is 6.60. The molecule has 0 aliphatic heterocycles. The summed E-state index contributed by atoms with van der Waals surface area (Å²) in [5, 5.41) is 2.66. The van der Waals surface area contributed by atoms with Crippen LogP contribution in [-0.4, -0.2) is 5.91 Å². The molecule has 1 N–H and O–H groups in total. The quantitative estimate of drug-likeness (QED) is 0.684. The average Bonchev–Trinajstić information content (AvgIpc) is 2.41. The molecule has 116 valence electrons. The van der Waals surface area contributed by atoms with Crippen molar-refractivity contribution < 1.29 is 18.0 Å². The highest BCUT2D eigenvalue weighted by Crippen LogP contribution is 2.30. The van der Waals surface area contributed by atoms with Gasteiger partial charge in [0.05, 0.1) is 17.7 Å². The van der Waals surface area contributed by atoms with Gasteiger partial charge in [-0.1, -0.05) is 34.1 Å². The molecule has 2 aromatic rings. The highest BCUT2D eigenvalue weighted by atomic mass is 79.9. The molecule has 0 saturated carbocycles. The predicted octanol–water partition coefficient (Wildman–Crippen LogP) is 5.41. The monoisotopic (exact) mass is 435 g/mol. The molecule has 2 nitrogen and oxygen atoms in total. The summed E-state index contributed by atoms with van der Waals surface area (Å²) in [5.41, 5.74) is 0.100. The van der Waals surface area contributed by atoms with E-state index in [0.29, 0.717) is 15.7 Å². The topological polar surface area (TPSA) is 29.1 Å². The number of amides is 1. The summed E-state index contributed by atoms with van der Waals surface area (Å²) in [7, 11) is 0. The Morgan fingerprint density at radius 3 is 2.45 bits per heavy atom. The Hall–Kier alpha value is -1.34. The summed E-state index contributed by atoms with van der Waals surface area (Å²) in [6.45, 7) is 0. The van der Waals surface area contributed by atoms with Gasteiger partial charge in [-0.25, -0.2) is 0 Å². The zero-order chi connectivity index (χ0) is 16.3. The van der Waals surface area contributed by atoms with E-state index in [9.17, 15) is 18.0 Å². The third kappa shape index (κ3) is 4.58. The lowest BCUT2D eigenvalue weighted by Gasteiger charge is -2.10. The molecule has 7 heteroatoms. The molecular formula is C15H10Br2F3NO. The Bertz CT molecular complexity index is 701. The first-order chi connectivity index (χ1) is 10.3. The average molecular weight is 437 g/mol. The van der Waals surface area contributed by atoms with Crippen molar-refractivity contribution in [2.45, 2.75) is 12.6 Å². The minimum absolute atomic E-state index is 0.133. The number of rotatable bonds is 3. The lowest BCUT2D eigenvalue weighted by atomic mass is 10.1. The summed E-state index contributed by atoms with van der Waals surface area (Å²) < 4.78 is 39.4. The van der Waals surface area contributed by atoms with Crippen molar-refractivity contribution in [1.29, 1.82) is 0 Å². The molecule has 0 aliphatic rings. The molecule has 0 unspecified atom stereocenters. The zero-order valence-corrected chi connectivity index (χ0v) is 14.2. The van der Waals surface area contributed by atoms with Crippen LogP contribution in [0.4, 0.5) is 18.9 Å². The van der Waals surface area contributed by atoms with E-state index in [2.05, 4.69) is 37.2 Å². The number of hydrogen-bond donors (Lipinski definition) is 1. The third-order valence-electron chi connectivity index (χ3n) is 2.82. The van der Waals surface area contributed by atoms with E-state index in [1.807, 2.05) is 0 Å². The number of alkyl halides is 3. The summed E-state index contributed by atoms with van der Waals surface area (Å²) in [6, 6.07) is 9.96. The Balaban J connectivity index is 2.09. The fraction of sp³-hybridized carbons (Fsp3) is 0.133. The van der Waals surface area contributed by atoms with E-state index in [0.717, 1.165) is 16.6 Å². The first kappa shape index (κ1) is 17.0. The van der Waals surface area contributed by atoms with E-state index in [4.69, 9.17) is 0 Å². The van der Waals surface area contributed by atoms with Gasteiger partial charge in [0, 0.05) is 8.95 Å². The third-order valence-corrected chi connectivity index (χ3v) is 3.97. The van der Waals surface area contributed by atoms with Crippen molar-refractivity contribution in [3.63, 3.8) is 0 Å². The predicted molar refractivity (Wildman–Crippen MR) is 85.6 cm³/mol. The van der Waals surface area contributed by atoms with E-state index < -0.39 is 11.7 Å². The number of benzene rings is 2. The van der Waals surface area contributed by atoms with Gasteiger partial charge in [0.2, 0.25) is 5.91 Å². The summed E-state index contributed by atoms with van der Waals surface area (Å²) in [4.78, 5) is 12.0. The Kier molecular flexibility index (Phi) is 5.28. The molecule has 0 fully saturated rings. The first-order valence-electron chi connectivity index (χ1n) is 6.17. The smallest absolute Gasteiger partial charge is 0.325 e. The maximum atomic E-state index is 12.6. The molecule has 0 aromatic heterocycles. The fourth-order valence-electron chi connectivity index (χ4n) is 1.83. The first-order valence-corrected chi connectivity index (χ1v) is 7.75. The highest BCUT2D eigenvalue weighted by molar-refractivity contribution is 9.11. The van der Waals surface area contributed by atoms with Gasteiger partial charge in [-0.3, -0.25) is 4.79 Å². The standard InChI is InChI=1S/C15H10Br2F3NO/c16-11-4-5-13(12(17)8-11)21-14(22)7-9-2-1-3-10(6-9)15(18,19)20/h1-6,8H,7H2,(H,21,22). The van der Waals surface area contributed by atoms with E-state index in [-0.39, 0.29) is 12.3 Å². The van der Waals surface area contributed by atoms with Crippen LogP contribution >= 0.6 is 31.9 Å². The van der Waals surface area contributed by atoms with Gasteiger partial charge < -0.3 is 5.32 Å². The molecule has 0 saturated heterocycles. The van der Waals surface area contributed by atoms with Gasteiger partial charge in [0.25, 0.3) is 0 Å². The van der Waals surface area contributed by atoms with Gasteiger partial charge >= 0.3 is 6.18 Å². The Morgan fingerprint density at radius 1 is 1.09 bits per heavy atom. The second kappa shape index (κ2) is 6.83. The van der Waals surface area contributed by atoms with Gasteiger partial charge in [0.1, 0.15) is 0 Å². The summed E-state index contributed by atoms with van der Waals surface area (Å²) in [5.74, 6) is -0.387. The van der Waals surface area contributed by atoms with Crippen LogP contribution in [0.3, 0.4) is 0 Å². The minimum Gasteiger partial charge on any atom is -0.325 e. The minimum atomic E-state index is -4.42. The van der Waals surface area contributed by atoms with Crippen molar-refractivity contribution in [3.8, 4) is 0 Å². The van der Waals surface area contributed by atoms with Gasteiger partial charge in [-0.15, -0.1) is 0 Å². The molecule has 2 rings (SSSR count). The molecule has 0 bridgehead atoms. The number of carbonyl (C=O) groups excluding carboxylic acids is 1. The van der Waals surface area contributed by atoms with E-state index >= 15 is 0 Å². The second-order valence-corrected chi connectivity index (χ2v) is 6.32. The van der Waals surface area contributed by atoms with Crippen LogP contribution in [0.25, 0.3) is 0 Å². The number of nitrogens with one attached hydrogen (secondary N) is 1. The highest BCUT2D eigenvalue weighted by Gasteiger charge is 2.30. The van der Waals surface area contributed by atoms with Crippen LogP contribution in [0.15, 0.2) is 51.4 Å². The summed E-state index contributed by atoms with van der Waals surface area (Å²) in [6.07, 6.45) is -4.55. The van der Waals surface area contributed by atoms with Crippen molar-refractivity contribution in [2.24, 2.45) is 0 Å². The number of hydrogen-bond acceptors (Lipinski definition) is 1. The van der Waals surface area contributed by atoms with Crippen LogP contribution in [0, 0.1) is 0 Å². The zero-order valence-electron chi connectivity index (χ0n) is 11.0. The molecule has 0 atom stereocenters. The Morgan fingerprint density at radius 2 is 1.82 bits per heavy atom. The lowest BCUT2D eigenvalue weighted by Crippen LogP contribution is -2.15. The van der Waals surface area contributed by atoms with Crippen LogP contribution in [-0.2, 0) is 17.4 Å².